The number of carbonyl (C=O) groups is 2. The normalized spacial score (nSPS) is 12.4. The summed E-state index contributed by atoms with van der Waals surface area (Å²) < 4.78 is 26.3. The third-order valence-corrected chi connectivity index (χ3v) is 6.67. The lowest BCUT2D eigenvalue weighted by Gasteiger charge is -2.32. The van der Waals surface area contributed by atoms with E-state index in [1.165, 1.54) is 4.90 Å². The number of amides is 2. The number of anilines is 1. The van der Waals surface area contributed by atoms with Gasteiger partial charge in [0.15, 0.2) is 0 Å². The predicted molar refractivity (Wildman–Crippen MR) is 133 cm³/mol. The molecule has 180 valence electrons. The van der Waals surface area contributed by atoms with Gasteiger partial charge in [-0.05, 0) is 69.5 Å². The maximum Gasteiger partial charge on any atom is 0.244 e. The summed E-state index contributed by atoms with van der Waals surface area (Å²) in [7, 11) is -3.79. The molecule has 0 aromatic heterocycles. The zero-order valence-corrected chi connectivity index (χ0v) is 21.5. The Bertz CT molecular complexity index is 1120. The van der Waals surface area contributed by atoms with Crippen LogP contribution in [-0.2, 0) is 26.2 Å². The van der Waals surface area contributed by atoms with Gasteiger partial charge in [-0.15, -0.1) is 0 Å². The van der Waals surface area contributed by atoms with Gasteiger partial charge in [0, 0.05) is 17.6 Å². The first-order valence-corrected chi connectivity index (χ1v) is 12.9. The average Bonchev–Trinajstić information content (AvgIpc) is 2.70. The number of nitrogens with zero attached hydrogens (tertiary/aromatic N) is 2. The minimum atomic E-state index is -3.79. The molecule has 2 rings (SSSR count). The fraction of sp³-hybridized carbons (Fsp3) is 0.417. The molecule has 0 aliphatic rings. The van der Waals surface area contributed by atoms with Crippen molar-refractivity contribution in [2.24, 2.45) is 0 Å². The van der Waals surface area contributed by atoms with Crippen LogP contribution in [0, 0.1) is 13.8 Å². The Hall–Kier alpha value is -2.58. The topological polar surface area (TPSA) is 86.8 Å². The van der Waals surface area contributed by atoms with Crippen molar-refractivity contribution in [2.75, 3.05) is 17.1 Å². The molecule has 9 heteroatoms. The largest absolute Gasteiger partial charge is 0.352 e. The molecule has 0 heterocycles. The fourth-order valence-electron chi connectivity index (χ4n) is 3.45. The smallest absolute Gasteiger partial charge is 0.244 e. The van der Waals surface area contributed by atoms with Crippen molar-refractivity contribution in [1.82, 2.24) is 10.2 Å². The number of carbonyl (C=O) groups excluding carboxylic acids is 2. The highest BCUT2D eigenvalue weighted by Gasteiger charge is 2.31. The van der Waals surface area contributed by atoms with Crippen molar-refractivity contribution in [2.45, 2.75) is 53.2 Å². The van der Waals surface area contributed by atoms with Gasteiger partial charge in [0.05, 0.1) is 11.9 Å². The van der Waals surface area contributed by atoms with Crippen LogP contribution in [0.3, 0.4) is 0 Å². The molecule has 2 aromatic carbocycles. The van der Waals surface area contributed by atoms with Crippen LogP contribution in [0.1, 0.15) is 37.5 Å². The maximum atomic E-state index is 13.5. The summed E-state index contributed by atoms with van der Waals surface area (Å²) in [5.41, 5.74) is 2.84. The molecule has 0 spiro atoms. The van der Waals surface area contributed by atoms with Crippen molar-refractivity contribution < 1.29 is 18.0 Å². The molecule has 2 aromatic rings. The minimum absolute atomic E-state index is 0.0976. The third-order valence-electron chi connectivity index (χ3n) is 5.31. The van der Waals surface area contributed by atoms with E-state index >= 15 is 0 Å². The molecule has 0 saturated carbocycles. The number of sulfonamides is 1. The van der Waals surface area contributed by atoms with E-state index < -0.39 is 28.5 Å². The summed E-state index contributed by atoms with van der Waals surface area (Å²) in [5, 5.41) is 3.30. The zero-order valence-electron chi connectivity index (χ0n) is 19.9. The fourth-order valence-corrected chi connectivity index (χ4v) is 4.59. The van der Waals surface area contributed by atoms with Gasteiger partial charge in [-0.3, -0.25) is 13.9 Å². The van der Waals surface area contributed by atoms with Gasteiger partial charge in [0.25, 0.3) is 0 Å². The van der Waals surface area contributed by atoms with Gasteiger partial charge in [-0.2, -0.15) is 0 Å². The Balaban J connectivity index is 2.44. The van der Waals surface area contributed by atoms with Gasteiger partial charge in [0.2, 0.25) is 21.8 Å². The van der Waals surface area contributed by atoms with Crippen LogP contribution in [0.15, 0.2) is 42.5 Å². The number of hydrogen-bond acceptors (Lipinski definition) is 4. The number of halogens is 1. The number of hydrogen-bond donors (Lipinski definition) is 1. The van der Waals surface area contributed by atoms with Crippen LogP contribution in [0.2, 0.25) is 5.02 Å². The molecule has 0 saturated heterocycles. The summed E-state index contributed by atoms with van der Waals surface area (Å²) in [6, 6.07) is 11.5. The van der Waals surface area contributed by atoms with Gasteiger partial charge in [0.1, 0.15) is 12.6 Å². The van der Waals surface area contributed by atoms with Crippen LogP contribution in [-0.4, -0.2) is 50.0 Å². The van der Waals surface area contributed by atoms with E-state index in [9.17, 15) is 18.0 Å². The standard InChI is InChI=1S/C24H32ClN3O4S/c1-16(2)26-24(30)19(5)27(14-20-10-8-7-9-17(20)3)23(29)15-28(33(6,31)32)22-12-11-21(25)13-18(22)4/h7-13,16,19H,14-15H2,1-6H3,(H,26,30)/t19-/m1/s1. The summed E-state index contributed by atoms with van der Waals surface area (Å²) in [6.07, 6.45) is 1.05. The number of aryl methyl sites for hydroxylation is 2. The van der Waals surface area contributed by atoms with Gasteiger partial charge < -0.3 is 10.2 Å². The molecule has 0 aliphatic heterocycles. The van der Waals surface area contributed by atoms with Crippen LogP contribution >= 0.6 is 11.6 Å². The molecule has 0 bridgehead atoms. The van der Waals surface area contributed by atoms with E-state index in [2.05, 4.69) is 5.32 Å². The second-order valence-corrected chi connectivity index (χ2v) is 10.8. The second-order valence-electron chi connectivity index (χ2n) is 8.49. The Morgan fingerprint density at radius 2 is 1.67 bits per heavy atom. The van der Waals surface area contributed by atoms with Gasteiger partial charge in [-0.25, -0.2) is 8.42 Å². The van der Waals surface area contributed by atoms with Gasteiger partial charge in [-0.1, -0.05) is 35.9 Å². The predicted octanol–water partition coefficient (Wildman–Crippen LogP) is 3.66. The van der Waals surface area contributed by atoms with Crippen LogP contribution in [0.25, 0.3) is 0 Å². The van der Waals surface area contributed by atoms with Crippen LogP contribution in [0.5, 0.6) is 0 Å². The number of rotatable bonds is 9. The Kier molecular flexibility index (Phi) is 8.91. The highest BCUT2D eigenvalue weighted by Crippen LogP contribution is 2.26. The van der Waals surface area contributed by atoms with E-state index in [4.69, 9.17) is 11.6 Å². The van der Waals surface area contributed by atoms with E-state index in [-0.39, 0.29) is 18.5 Å². The molecule has 2 amide bonds. The molecule has 1 N–H and O–H groups in total. The molecule has 0 radical (unpaired) electrons. The van der Waals surface area contributed by atoms with E-state index in [0.717, 1.165) is 21.7 Å². The lowest BCUT2D eigenvalue weighted by molar-refractivity contribution is -0.139. The van der Waals surface area contributed by atoms with Crippen LogP contribution < -0.4 is 9.62 Å². The summed E-state index contributed by atoms with van der Waals surface area (Å²) in [6.45, 7) is 8.72. The van der Waals surface area contributed by atoms with Crippen LogP contribution in [0.4, 0.5) is 5.69 Å². The average molecular weight is 494 g/mol. The van der Waals surface area contributed by atoms with Crippen molar-refractivity contribution in [1.29, 1.82) is 0 Å². The Morgan fingerprint density at radius 3 is 2.21 bits per heavy atom. The summed E-state index contributed by atoms with van der Waals surface area (Å²) in [5.74, 6) is -0.787. The summed E-state index contributed by atoms with van der Waals surface area (Å²) in [4.78, 5) is 27.7. The third kappa shape index (κ3) is 7.20. The molecular formula is C24H32ClN3O4S. The van der Waals surface area contributed by atoms with Crippen molar-refractivity contribution in [3.63, 3.8) is 0 Å². The quantitative estimate of drug-likeness (QED) is 0.577. The first-order valence-electron chi connectivity index (χ1n) is 10.7. The molecule has 0 aliphatic carbocycles. The van der Waals surface area contributed by atoms with Crippen molar-refractivity contribution in [3.8, 4) is 0 Å². The first kappa shape index (κ1) is 26.7. The van der Waals surface area contributed by atoms with E-state index in [1.54, 1.807) is 32.0 Å². The minimum Gasteiger partial charge on any atom is -0.352 e. The molecule has 7 nitrogen and oxygen atoms in total. The SMILES string of the molecule is Cc1ccccc1CN(C(=O)CN(c1ccc(Cl)cc1C)S(C)(=O)=O)[C@H](C)C(=O)NC(C)C. The Morgan fingerprint density at radius 1 is 1.03 bits per heavy atom. The zero-order chi connectivity index (χ0) is 24.9. The van der Waals surface area contributed by atoms with Gasteiger partial charge >= 0.3 is 0 Å². The van der Waals surface area contributed by atoms with Crippen molar-refractivity contribution in [3.05, 3.63) is 64.2 Å². The molecule has 33 heavy (non-hydrogen) atoms. The first-order chi connectivity index (χ1) is 15.3. The van der Waals surface area contributed by atoms with E-state index in [0.29, 0.717) is 16.3 Å². The van der Waals surface area contributed by atoms with Crippen molar-refractivity contribution >= 4 is 39.1 Å². The number of benzene rings is 2. The number of nitrogens with one attached hydrogen (secondary N) is 1. The lowest BCUT2D eigenvalue weighted by atomic mass is 10.1. The second kappa shape index (κ2) is 11.0. The molecular weight excluding hydrogens is 462 g/mol. The lowest BCUT2D eigenvalue weighted by Crippen LogP contribution is -2.52. The maximum absolute atomic E-state index is 13.5. The molecule has 1 atom stereocenters. The monoisotopic (exact) mass is 493 g/mol. The van der Waals surface area contributed by atoms with E-state index in [1.807, 2.05) is 45.0 Å². The molecule has 0 fully saturated rings. The highest BCUT2D eigenvalue weighted by molar-refractivity contribution is 7.92. The summed E-state index contributed by atoms with van der Waals surface area (Å²) >= 11 is 6.03. The highest BCUT2D eigenvalue weighted by atomic mass is 35.5. The Labute approximate surface area is 201 Å². The molecule has 0 unspecified atom stereocenters.